The summed E-state index contributed by atoms with van der Waals surface area (Å²) < 4.78 is 11.8. The molecule has 3 rings (SSSR count). The molecule has 1 aromatic rings. The third-order valence-electron chi connectivity index (χ3n) is 4.43. The van der Waals surface area contributed by atoms with Crippen molar-refractivity contribution in [2.24, 2.45) is 0 Å². The van der Waals surface area contributed by atoms with Gasteiger partial charge >= 0.3 is 0 Å². The number of carbonyl (C=O) groups excluding carboxylic acids is 2. The zero-order valence-corrected chi connectivity index (χ0v) is 17.3. The Hall–Kier alpha value is -1.64. The highest BCUT2D eigenvalue weighted by molar-refractivity contribution is 8.23. The van der Waals surface area contributed by atoms with Crippen LogP contribution >= 0.6 is 24.0 Å². The molecule has 0 saturated carbocycles. The minimum Gasteiger partial charge on any atom is -0.494 e. The quantitative estimate of drug-likeness (QED) is 0.561. The fourth-order valence-corrected chi connectivity index (χ4v) is 4.82. The van der Waals surface area contributed by atoms with E-state index < -0.39 is 5.25 Å². The van der Waals surface area contributed by atoms with Gasteiger partial charge in [-0.3, -0.25) is 9.59 Å². The van der Waals surface area contributed by atoms with E-state index in [1.807, 2.05) is 20.8 Å². The molecule has 2 aliphatic heterocycles. The highest BCUT2D eigenvalue weighted by Crippen LogP contribution is 2.32. The van der Waals surface area contributed by atoms with Crippen LogP contribution in [0.15, 0.2) is 24.3 Å². The fraction of sp³-hybridized carbons (Fsp3) is 0.526. The van der Waals surface area contributed by atoms with E-state index in [1.54, 1.807) is 24.3 Å². The van der Waals surface area contributed by atoms with E-state index in [0.29, 0.717) is 35.5 Å². The van der Waals surface area contributed by atoms with Crippen molar-refractivity contribution < 1.29 is 19.1 Å². The molecule has 2 saturated heterocycles. The highest BCUT2D eigenvalue weighted by Gasteiger charge is 2.41. The molecule has 0 spiro atoms. The minimum atomic E-state index is -0.481. The number of thioether (sulfide) groups is 1. The summed E-state index contributed by atoms with van der Waals surface area (Å²) in [4.78, 5) is 28.6. The average molecular weight is 409 g/mol. The highest BCUT2D eigenvalue weighted by atomic mass is 32.2. The second-order valence-electron chi connectivity index (χ2n) is 6.73. The lowest BCUT2D eigenvalue weighted by Gasteiger charge is -2.36. The summed E-state index contributed by atoms with van der Waals surface area (Å²) in [6.07, 6.45) is 0.342. The van der Waals surface area contributed by atoms with E-state index in [4.69, 9.17) is 21.7 Å². The number of carbonyl (C=O) groups is 2. The van der Waals surface area contributed by atoms with Gasteiger partial charge in [0.05, 0.1) is 24.5 Å². The molecule has 0 aliphatic carbocycles. The number of hydrogen-bond acceptors (Lipinski definition) is 6. The number of nitrogens with zero attached hydrogens (tertiary/aromatic N) is 2. The molecule has 146 valence electrons. The number of ether oxygens (including phenoxy) is 2. The lowest BCUT2D eigenvalue weighted by Crippen LogP contribution is -2.47. The van der Waals surface area contributed by atoms with Crippen LogP contribution in [-0.4, -0.2) is 58.2 Å². The van der Waals surface area contributed by atoms with Crippen molar-refractivity contribution in [3.05, 3.63) is 24.3 Å². The Balaban J connectivity index is 1.66. The van der Waals surface area contributed by atoms with Gasteiger partial charge < -0.3 is 14.4 Å². The third-order valence-corrected chi connectivity index (χ3v) is 6.09. The van der Waals surface area contributed by atoms with Crippen LogP contribution in [0, 0.1) is 0 Å². The number of morpholine rings is 1. The Kier molecular flexibility index (Phi) is 6.39. The van der Waals surface area contributed by atoms with Crippen LogP contribution in [0.1, 0.15) is 27.2 Å². The van der Waals surface area contributed by atoms with Gasteiger partial charge in [0.1, 0.15) is 15.3 Å². The van der Waals surface area contributed by atoms with Gasteiger partial charge in [0.25, 0.3) is 0 Å². The van der Waals surface area contributed by atoms with Gasteiger partial charge in [-0.05, 0) is 45.0 Å². The van der Waals surface area contributed by atoms with Crippen LogP contribution in [0.25, 0.3) is 0 Å². The Morgan fingerprint density at radius 1 is 1.22 bits per heavy atom. The number of amides is 2. The molecular formula is C19H24N2O4S2. The topological polar surface area (TPSA) is 59.1 Å². The van der Waals surface area contributed by atoms with Crippen molar-refractivity contribution in [1.82, 2.24) is 4.90 Å². The predicted octanol–water partition coefficient (Wildman–Crippen LogP) is 2.84. The molecule has 3 unspecified atom stereocenters. The molecular weight excluding hydrogens is 384 g/mol. The summed E-state index contributed by atoms with van der Waals surface area (Å²) in [7, 11) is 0. The molecule has 0 radical (unpaired) electrons. The fourth-order valence-electron chi connectivity index (χ4n) is 3.35. The lowest BCUT2D eigenvalue weighted by atomic mass is 10.2. The predicted molar refractivity (Wildman–Crippen MR) is 110 cm³/mol. The Morgan fingerprint density at radius 3 is 2.44 bits per heavy atom. The number of thiocarbonyl (C=S) groups is 1. The average Bonchev–Trinajstić information content (AvgIpc) is 2.89. The van der Waals surface area contributed by atoms with Gasteiger partial charge in [-0.15, -0.1) is 0 Å². The first-order valence-corrected chi connectivity index (χ1v) is 10.4. The van der Waals surface area contributed by atoms with Crippen LogP contribution in [0.4, 0.5) is 5.69 Å². The third kappa shape index (κ3) is 4.62. The number of imide groups is 1. The van der Waals surface area contributed by atoms with E-state index in [2.05, 4.69) is 4.90 Å². The number of benzene rings is 1. The molecule has 0 bridgehead atoms. The maximum absolute atomic E-state index is 12.8. The van der Waals surface area contributed by atoms with Crippen molar-refractivity contribution in [2.45, 2.75) is 44.6 Å². The van der Waals surface area contributed by atoms with Gasteiger partial charge in [0, 0.05) is 19.5 Å². The first-order valence-electron chi connectivity index (χ1n) is 9.09. The summed E-state index contributed by atoms with van der Waals surface area (Å²) in [5.41, 5.74) is 0.566. The summed E-state index contributed by atoms with van der Waals surface area (Å²) in [5, 5.41) is -0.481. The summed E-state index contributed by atoms with van der Waals surface area (Å²) in [6, 6.07) is 7.00. The van der Waals surface area contributed by atoms with Gasteiger partial charge in [-0.2, -0.15) is 0 Å². The second kappa shape index (κ2) is 8.58. The summed E-state index contributed by atoms with van der Waals surface area (Å²) >= 11 is 6.85. The first kappa shape index (κ1) is 20.1. The molecule has 8 heteroatoms. The van der Waals surface area contributed by atoms with E-state index in [1.165, 1.54) is 16.7 Å². The molecule has 2 amide bonds. The minimum absolute atomic E-state index is 0.0913. The Morgan fingerprint density at radius 2 is 1.85 bits per heavy atom. The molecule has 6 nitrogen and oxygen atoms in total. The van der Waals surface area contributed by atoms with Gasteiger partial charge in [0.2, 0.25) is 11.8 Å². The van der Waals surface area contributed by atoms with Gasteiger partial charge in [-0.1, -0.05) is 24.0 Å². The zero-order valence-electron chi connectivity index (χ0n) is 15.7. The van der Waals surface area contributed by atoms with Crippen molar-refractivity contribution >= 4 is 45.8 Å². The summed E-state index contributed by atoms with van der Waals surface area (Å²) in [5.74, 6) is 0.294. The van der Waals surface area contributed by atoms with Crippen LogP contribution in [0.5, 0.6) is 5.75 Å². The standard InChI is InChI=1S/C19H24N2O4S2/c1-4-24-15-7-5-14(6-8-15)21-17(22)9-16(18(21)23)27-19(26)20-10-12(2)25-13(3)11-20/h5-8,12-13,16H,4,9-11H2,1-3H3. The van der Waals surface area contributed by atoms with E-state index in [0.717, 1.165) is 0 Å². The van der Waals surface area contributed by atoms with E-state index in [-0.39, 0.29) is 30.4 Å². The number of anilines is 1. The monoisotopic (exact) mass is 408 g/mol. The lowest BCUT2D eigenvalue weighted by molar-refractivity contribution is -0.121. The zero-order chi connectivity index (χ0) is 19.6. The molecule has 0 N–H and O–H groups in total. The molecule has 1 aromatic carbocycles. The molecule has 3 atom stereocenters. The van der Waals surface area contributed by atoms with Crippen molar-refractivity contribution in [2.75, 3.05) is 24.6 Å². The van der Waals surface area contributed by atoms with Crippen LogP contribution in [0.2, 0.25) is 0 Å². The maximum Gasteiger partial charge on any atom is 0.247 e. The van der Waals surface area contributed by atoms with Gasteiger partial charge in [0.15, 0.2) is 0 Å². The molecule has 2 aliphatic rings. The molecule has 27 heavy (non-hydrogen) atoms. The Bertz CT molecular complexity index is 715. The van der Waals surface area contributed by atoms with E-state index >= 15 is 0 Å². The first-order chi connectivity index (χ1) is 12.9. The number of hydrogen-bond donors (Lipinski definition) is 0. The van der Waals surface area contributed by atoms with E-state index in [9.17, 15) is 9.59 Å². The molecule has 2 heterocycles. The second-order valence-corrected chi connectivity index (χ2v) is 8.57. The van der Waals surface area contributed by atoms with Gasteiger partial charge in [-0.25, -0.2) is 4.90 Å². The van der Waals surface area contributed by atoms with Crippen LogP contribution < -0.4 is 9.64 Å². The molecule has 2 fully saturated rings. The van der Waals surface area contributed by atoms with Crippen LogP contribution in [0.3, 0.4) is 0 Å². The normalized spacial score (nSPS) is 25.8. The largest absolute Gasteiger partial charge is 0.494 e. The Labute approximate surface area is 169 Å². The molecule has 0 aromatic heterocycles. The SMILES string of the molecule is CCOc1ccc(N2C(=O)CC(SC(=S)N3CC(C)OC(C)C3)C2=O)cc1. The number of rotatable bonds is 4. The van der Waals surface area contributed by atoms with Crippen molar-refractivity contribution in [3.8, 4) is 5.75 Å². The van der Waals surface area contributed by atoms with Crippen molar-refractivity contribution in [1.29, 1.82) is 0 Å². The summed E-state index contributed by atoms with van der Waals surface area (Å²) in [6.45, 7) is 7.89. The van der Waals surface area contributed by atoms with Crippen LogP contribution in [-0.2, 0) is 14.3 Å². The smallest absolute Gasteiger partial charge is 0.247 e. The van der Waals surface area contributed by atoms with Crippen molar-refractivity contribution in [3.63, 3.8) is 0 Å². The maximum atomic E-state index is 12.8.